The number of anilines is 1. The van der Waals surface area contributed by atoms with Crippen LogP contribution in [0, 0.1) is 0 Å². The van der Waals surface area contributed by atoms with Crippen molar-refractivity contribution in [2.75, 3.05) is 5.73 Å². The fraction of sp³-hybridized carbons (Fsp3) is 0.0909. The highest BCUT2D eigenvalue weighted by molar-refractivity contribution is 7.18. The molecule has 0 spiro atoms. The zero-order valence-corrected chi connectivity index (χ0v) is 9.45. The summed E-state index contributed by atoms with van der Waals surface area (Å²) >= 11 is 1.35. The van der Waals surface area contributed by atoms with Gasteiger partial charge in [0.05, 0.1) is 5.69 Å². The van der Waals surface area contributed by atoms with Gasteiger partial charge in [-0.2, -0.15) is 0 Å². The molecule has 0 amide bonds. The van der Waals surface area contributed by atoms with Gasteiger partial charge in [0.1, 0.15) is 0 Å². The molecular weight excluding hydrogens is 224 g/mol. The van der Waals surface area contributed by atoms with Crippen molar-refractivity contribution in [3.63, 3.8) is 0 Å². The quantitative estimate of drug-likeness (QED) is 0.810. The van der Waals surface area contributed by atoms with E-state index in [1.165, 1.54) is 18.3 Å². The number of carbonyl (C=O) groups is 1. The number of carbonyl (C=O) groups excluding carboxylic acids is 1. The Morgan fingerprint density at radius 1 is 1.44 bits per heavy atom. The average Bonchev–Trinajstić information content (AvgIpc) is 2.61. The van der Waals surface area contributed by atoms with E-state index in [2.05, 4.69) is 4.98 Å². The molecule has 0 bridgehead atoms. The number of nitrogens with two attached hydrogens (primary N) is 1. The number of ether oxygens (including phenoxy) is 1. The highest BCUT2D eigenvalue weighted by atomic mass is 32.1. The smallest absolute Gasteiger partial charge is 0.308 e. The number of thiophene rings is 1. The molecule has 82 valence electrons. The summed E-state index contributed by atoms with van der Waals surface area (Å²) in [6.07, 6.45) is 3.41. The Morgan fingerprint density at radius 3 is 2.75 bits per heavy atom. The van der Waals surface area contributed by atoms with E-state index >= 15 is 0 Å². The molecule has 0 saturated carbocycles. The summed E-state index contributed by atoms with van der Waals surface area (Å²) in [6, 6.07) is 5.55. The number of aromatic nitrogens is 1. The molecule has 2 rings (SSSR count). The van der Waals surface area contributed by atoms with Gasteiger partial charge in [0.2, 0.25) is 5.06 Å². The second-order valence-electron chi connectivity index (χ2n) is 3.18. The number of hydrogen-bond acceptors (Lipinski definition) is 5. The Morgan fingerprint density at radius 2 is 2.12 bits per heavy atom. The number of rotatable bonds is 2. The van der Waals surface area contributed by atoms with Gasteiger partial charge in [0, 0.05) is 24.2 Å². The van der Waals surface area contributed by atoms with Crippen molar-refractivity contribution in [1.29, 1.82) is 0 Å². The Kier molecular flexibility index (Phi) is 2.87. The van der Waals surface area contributed by atoms with E-state index in [9.17, 15) is 4.79 Å². The largest absolute Gasteiger partial charge is 0.413 e. The van der Waals surface area contributed by atoms with Crippen LogP contribution in [0.2, 0.25) is 0 Å². The molecule has 16 heavy (non-hydrogen) atoms. The highest BCUT2D eigenvalue weighted by Crippen LogP contribution is 2.38. The third-order valence-corrected chi connectivity index (χ3v) is 3.00. The first-order valence-corrected chi connectivity index (χ1v) is 5.46. The predicted molar refractivity (Wildman–Crippen MR) is 63.3 cm³/mol. The first-order valence-electron chi connectivity index (χ1n) is 4.65. The lowest BCUT2D eigenvalue weighted by atomic mass is 10.2. The van der Waals surface area contributed by atoms with Gasteiger partial charge < -0.3 is 10.5 Å². The maximum atomic E-state index is 10.8. The first kappa shape index (κ1) is 10.6. The van der Waals surface area contributed by atoms with E-state index in [0.717, 1.165) is 10.4 Å². The van der Waals surface area contributed by atoms with E-state index in [1.807, 2.05) is 12.1 Å². The molecule has 0 aliphatic heterocycles. The lowest BCUT2D eigenvalue weighted by molar-refractivity contribution is -0.131. The molecular formula is C11H10N2O2S. The van der Waals surface area contributed by atoms with Crippen molar-refractivity contribution in [3.05, 3.63) is 30.6 Å². The zero-order valence-electron chi connectivity index (χ0n) is 8.64. The molecule has 0 aliphatic carbocycles. The molecule has 4 nitrogen and oxygen atoms in total. The molecule has 2 aromatic rings. The van der Waals surface area contributed by atoms with Crippen molar-refractivity contribution < 1.29 is 9.53 Å². The maximum Gasteiger partial charge on any atom is 0.308 e. The van der Waals surface area contributed by atoms with Crippen LogP contribution >= 0.6 is 11.3 Å². The minimum absolute atomic E-state index is 0.366. The normalized spacial score (nSPS) is 10.1. The van der Waals surface area contributed by atoms with Gasteiger partial charge in [-0.1, -0.05) is 11.3 Å². The summed E-state index contributed by atoms with van der Waals surface area (Å²) in [5, 5.41) is 0.444. The van der Waals surface area contributed by atoms with Crippen LogP contribution in [0.4, 0.5) is 5.69 Å². The topological polar surface area (TPSA) is 65.2 Å². The van der Waals surface area contributed by atoms with Crippen LogP contribution in [0.25, 0.3) is 10.4 Å². The summed E-state index contributed by atoms with van der Waals surface area (Å²) in [7, 11) is 0. The van der Waals surface area contributed by atoms with Crippen molar-refractivity contribution in [2.45, 2.75) is 6.92 Å². The molecule has 2 N–H and O–H groups in total. The first-order chi connectivity index (χ1) is 7.66. The van der Waals surface area contributed by atoms with Crippen LogP contribution in [0.15, 0.2) is 30.6 Å². The predicted octanol–water partition coefficient (Wildman–Crippen LogP) is 2.32. The zero-order chi connectivity index (χ0) is 11.5. The van der Waals surface area contributed by atoms with Gasteiger partial charge in [0.25, 0.3) is 0 Å². The molecule has 0 saturated heterocycles. The standard InChI is InChI=1S/C11H10N2O2S/c1-7(14)15-11-9(12)6-10(16-11)8-2-4-13-5-3-8/h2-6H,12H2,1H3. The lowest BCUT2D eigenvalue weighted by Gasteiger charge is -1.96. The highest BCUT2D eigenvalue weighted by Gasteiger charge is 2.10. The summed E-state index contributed by atoms with van der Waals surface area (Å²) in [5.41, 5.74) is 7.23. The van der Waals surface area contributed by atoms with Gasteiger partial charge in [-0.05, 0) is 23.8 Å². The maximum absolute atomic E-state index is 10.8. The fourth-order valence-corrected chi connectivity index (χ4v) is 2.23. The van der Waals surface area contributed by atoms with Gasteiger partial charge in [-0.25, -0.2) is 0 Å². The summed E-state index contributed by atoms with van der Waals surface area (Å²) in [5.74, 6) is -0.366. The number of nitrogen functional groups attached to an aromatic ring is 1. The van der Waals surface area contributed by atoms with E-state index in [-0.39, 0.29) is 5.97 Å². The number of esters is 1. The Balaban J connectivity index is 2.34. The third-order valence-electron chi connectivity index (χ3n) is 1.93. The van der Waals surface area contributed by atoms with Crippen LogP contribution in [-0.4, -0.2) is 11.0 Å². The molecule has 2 heterocycles. The minimum atomic E-state index is -0.366. The van der Waals surface area contributed by atoms with Crippen LogP contribution in [0.5, 0.6) is 5.06 Å². The second kappa shape index (κ2) is 4.32. The van der Waals surface area contributed by atoms with Crippen LogP contribution in [-0.2, 0) is 4.79 Å². The third kappa shape index (κ3) is 2.20. The van der Waals surface area contributed by atoms with Gasteiger partial charge in [-0.3, -0.25) is 9.78 Å². The molecule has 5 heteroatoms. The van der Waals surface area contributed by atoms with Crippen molar-refractivity contribution in [3.8, 4) is 15.5 Å². The number of hydrogen-bond donors (Lipinski definition) is 1. The minimum Gasteiger partial charge on any atom is -0.413 e. The molecule has 0 atom stereocenters. The Bertz CT molecular complexity index is 508. The second-order valence-corrected chi connectivity index (χ2v) is 4.20. The average molecular weight is 234 g/mol. The van der Waals surface area contributed by atoms with Crippen LogP contribution in [0.1, 0.15) is 6.92 Å². The van der Waals surface area contributed by atoms with Gasteiger partial charge in [0.15, 0.2) is 0 Å². The molecule has 2 aromatic heterocycles. The number of pyridine rings is 1. The van der Waals surface area contributed by atoms with Crippen LogP contribution < -0.4 is 10.5 Å². The fourth-order valence-electron chi connectivity index (χ4n) is 1.26. The monoisotopic (exact) mass is 234 g/mol. The molecule has 0 radical (unpaired) electrons. The molecule has 0 unspecified atom stereocenters. The van der Waals surface area contributed by atoms with Crippen LogP contribution in [0.3, 0.4) is 0 Å². The van der Waals surface area contributed by atoms with Crippen molar-refractivity contribution in [1.82, 2.24) is 4.98 Å². The van der Waals surface area contributed by atoms with Crippen molar-refractivity contribution in [2.24, 2.45) is 0 Å². The van der Waals surface area contributed by atoms with Crippen molar-refractivity contribution >= 4 is 23.0 Å². The SMILES string of the molecule is CC(=O)Oc1sc(-c2ccncc2)cc1N. The lowest BCUT2D eigenvalue weighted by Crippen LogP contribution is -2.01. The molecule has 0 fully saturated rings. The Hall–Kier alpha value is -1.88. The van der Waals surface area contributed by atoms with E-state index in [0.29, 0.717) is 10.8 Å². The molecule has 0 aromatic carbocycles. The summed E-state index contributed by atoms with van der Waals surface area (Å²) in [6.45, 7) is 1.35. The van der Waals surface area contributed by atoms with Gasteiger partial charge in [-0.15, -0.1) is 0 Å². The van der Waals surface area contributed by atoms with E-state index < -0.39 is 0 Å². The molecule has 0 aliphatic rings. The van der Waals surface area contributed by atoms with E-state index in [4.69, 9.17) is 10.5 Å². The summed E-state index contributed by atoms with van der Waals surface area (Å²) < 4.78 is 4.99. The number of nitrogens with zero attached hydrogens (tertiary/aromatic N) is 1. The van der Waals surface area contributed by atoms with Gasteiger partial charge >= 0.3 is 5.97 Å². The van der Waals surface area contributed by atoms with E-state index in [1.54, 1.807) is 18.5 Å². The summed E-state index contributed by atoms with van der Waals surface area (Å²) in [4.78, 5) is 15.7. The Labute approximate surface area is 96.7 Å².